The van der Waals surface area contributed by atoms with Gasteiger partial charge in [0.2, 0.25) is 0 Å². The van der Waals surface area contributed by atoms with Crippen molar-refractivity contribution in [1.82, 2.24) is 0 Å². The zero-order valence-corrected chi connectivity index (χ0v) is 9.65. The van der Waals surface area contributed by atoms with E-state index in [0.29, 0.717) is 11.0 Å². The number of alkyl halides is 1. The molecular weight excluding hydrogens is 291 g/mol. The van der Waals surface area contributed by atoms with Crippen molar-refractivity contribution in [1.29, 1.82) is 0 Å². The fourth-order valence-corrected chi connectivity index (χ4v) is 2.02. The topological polar surface area (TPSA) is 30.2 Å². The van der Waals surface area contributed by atoms with Gasteiger partial charge in [0.15, 0.2) is 5.43 Å². The Morgan fingerprint density at radius 1 is 1.29 bits per heavy atom. The van der Waals surface area contributed by atoms with Crippen molar-refractivity contribution in [3.8, 4) is 0 Å². The summed E-state index contributed by atoms with van der Waals surface area (Å²) in [4.78, 5) is 11.5. The second-order valence-corrected chi connectivity index (χ2v) is 4.13. The summed E-state index contributed by atoms with van der Waals surface area (Å²) >= 11 is 2.32. The molecule has 1 aromatic carbocycles. The molecular formula is C11H9IO2. The van der Waals surface area contributed by atoms with E-state index >= 15 is 0 Å². The van der Waals surface area contributed by atoms with Crippen LogP contribution in [0.5, 0.6) is 0 Å². The molecule has 0 aliphatic rings. The normalized spacial score (nSPS) is 10.6. The molecule has 72 valence electrons. The lowest BCUT2D eigenvalue weighted by atomic mass is 10.1. The van der Waals surface area contributed by atoms with E-state index < -0.39 is 0 Å². The van der Waals surface area contributed by atoms with E-state index in [4.69, 9.17) is 4.42 Å². The first-order valence-corrected chi connectivity index (χ1v) is 5.90. The van der Waals surface area contributed by atoms with Crippen molar-refractivity contribution in [2.24, 2.45) is 0 Å². The summed E-state index contributed by atoms with van der Waals surface area (Å²) in [6.45, 7) is 0. The molecule has 0 unspecified atom stereocenters. The molecule has 0 atom stereocenters. The van der Waals surface area contributed by atoms with Gasteiger partial charge in [-0.2, -0.15) is 0 Å². The van der Waals surface area contributed by atoms with Gasteiger partial charge in [0.05, 0.1) is 11.6 Å². The highest BCUT2D eigenvalue weighted by atomic mass is 127. The van der Waals surface area contributed by atoms with E-state index in [1.165, 1.54) is 17.9 Å². The molecule has 0 spiro atoms. The molecule has 0 N–H and O–H groups in total. The third-order valence-corrected chi connectivity index (χ3v) is 2.65. The monoisotopic (exact) mass is 300 g/mol. The van der Waals surface area contributed by atoms with Crippen LogP contribution in [-0.2, 0) is 6.42 Å². The van der Waals surface area contributed by atoms with Crippen LogP contribution in [0.15, 0.2) is 39.7 Å². The van der Waals surface area contributed by atoms with Gasteiger partial charge in [-0.1, -0.05) is 28.7 Å². The molecule has 2 aromatic rings. The quantitative estimate of drug-likeness (QED) is 0.630. The molecule has 0 saturated carbocycles. The zero-order valence-electron chi connectivity index (χ0n) is 7.50. The van der Waals surface area contributed by atoms with Gasteiger partial charge in [-0.15, -0.1) is 0 Å². The van der Waals surface area contributed by atoms with Crippen LogP contribution in [-0.4, -0.2) is 4.43 Å². The Hall–Kier alpha value is -0.840. The summed E-state index contributed by atoms with van der Waals surface area (Å²) < 4.78 is 6.28. The first kappa shape index (κ1) is 9.71. The Bertz CT molecular complexity index is 502. The van der Waals surface area contributed by atoms with Crippen LogP contribution in [0.3, 0.4) is 0 Å². The van der Waals surface area contributed by atoms with Gasteiger partial charge in [0.25, 0.3) is 0 Å². The second kappa shape index (κ2) is 4.13. The molecule has 0 saturated heterocycles. The lowest BCUT2D eigenvalue weighted by molar-refractivity contribution is 0.602. The molecule has 0 amide bonds. The van der Waals surface area contributed by atoms with Gasteiger partial charge in [0.1, 0.15) is 5.58 Å². The van der Waals surface area contributed by atoms with E-state index in [1.54, 1.807) is 0 Å². The molecule has 0 bridgehead atoms. The van der Waals surface area contributed by atoms with Crippen LogP contribution >= 0.6 is 22.6 Å². The number of hydrogen-bond acceptors (Lipinski definition) is 2. The fourth-order valence-electron chi connectivity index (χ4n) is 1.40. The summed E-state index contributed by atoms with van der Waals surface area (Å²) in [6, 6.07) is 7.23. The van der Waals surface area contributed by atoms with E-state index in [-0.39, 0.29) is 5.43 Å². The molecule has 0 aliphatic carbocycles. The fraction of sp³-hybridized carbons (Fsp3) is 0.182. The molecule has 0 aliphatic heterocycles. The Kier molecular flexibility index (Phi) is 2.86. The Morgan fingerprint density at radius 3 is 2.93 bits per heavy atom. The molecule has 3 heteroatoms. The largest absolute Gasteiger partial charge is 0.464 e. The minimum atomic E-state index is 0.0292. The zero-order chi connectivity index (χ0) is 9.97. The summed E-state index contributed by atoms with van der Waals surface area (Å²) in [5, 5.41) is 0.676. The Balaban J connectivity index is 2.64. The van der Waals surface area contributed by atoms with Crippen molar-refractivity contribution < 1.29 is 4.42 Å². The number of aryl methyl sites for hydroxylation is 1. The predicted molar refractivity (Wildman–Crippen MR) is 65.1 cm³/mol. The number of benzene rings is 1. The van der Waals surface area contributed by atoms with E-state index in [9.17, 15) is 4.79 Å². The van der Waals surface area contributed by atoms with Crippen molar-refractivity contribution in [2.75, 3.05) is 4.43 Å². The van der Waals surface area contributed by atoms with E-state index in [1.807, 2.05) is 18.2 Å². The standard InChI is InChI=1S/C11H9IO2/c12-5-3-8-1-2-11-9(7-8)10(13)4-6-14-11/h1-2,4,6-7H,3,5H2. The van der Waals surface area contributed by atoms with Crippen LogP contribution < -0.4 is 5.43 Å². The lowest BCUT2D eigenvalue weighted by Crippen LogP contribution is -1.98. The van der Waals surface area contributed by atoms with Crippen LogP contribution in [0.1, 0.15) is 5.56 Å². The molecule has 2 rings (SSSR count). The first-order chi connectivity index (χ1) is 6.81. The minimum Gasteiger partial charge on any atom is -0.464 e. The number of fused-ring (bicyclic) bond motifs is 1. The average molecular weight is 300 g/mol. The van der Waals surface area contributed by atoms with Crippen molar-refractivity contribution >= 4 is 33.6 Å². The smallest absolute Gasteiger partial charge is 0.192 e. The molecule has 1 aromatic heterocycles. The summed E-state index contributed by atoms with van der Waals surface area (Å²) in [6.07, 6.45) is 2.42. The van der Waals surface area contributed by atoms with Gasteiger partial charge in [-0.05, 0) is 24.1 Å². The second-order valence-electron chi connectivity index (χ2n) is 3.05. The van der Waals surface area contributed by atoms with Gasteiger partial charge < -0.3 is 4.42 Å². The maximum atomic E-state index is 11.5. The lowest BCUT2D eigenvalue weighted by Gasteiger charge is -1.99. The van der Waals surface area contributed by atoms with E-state index in [0.717, 1.165) is 10.8 Å². The maximum absolute atomic E-state index is 11.5. The summed E-state index contributed by atoms with van der Waals surface area (Å²) in [5.74, 6) is 0. The van der Waals surface area contributed by atoms with Gasteiger partial charge in [0, 0.05) is 10.5 Å². The maximum Gasteiger partial charge on any atom is 0.192 e. The van der Waals surface area contributed by atoms with Gasteiger partial charge >= 0.3 is 0 Å². The summed E-state index contributed by atoms with van der Waals surface area (Å²) in [7, 11) is 0. The van der Waals surface area contributed by atoms with Gasteiger partial charge in [-0.3, -0.25) is 4.79 Å². The SMILES string of the molecule is O=c1ccoc2ccc(CCI)cc12. The van der Waals surface area contributed by atoms with Crippen LogP contribution in [0.2, 0.25) is 0 Å². The molecule has 2 nitrogen and oxygen atoms in total. The van der Waals surface area contributed by atoms with Crippen molar-refractivity contribution in [2.45, 2.75) is 6.42 Å². The number of hydrogen-bond donors (Lipinski definition) is 0. The predicted octanol–water partition coefficient (Wildman–Crippen LogP) is 2.77. The highest BCUT2D eigenvalue weighted by Crippen LogP contribution is 2.13. The Morgan fingerprint density at radius 2 is 2.14 bits per heavy atom. The third-order valence-electron chi connectivity index (χ3n) is 2.11. The molecule has 1 heterocycles. The highest BCUT2D eigenvalue weighted by Gasteiger charge is 2.00. The average Bonchev–Trinajstić information content (AvgIpc) is 2.20. The van der Waals surface area contributed by atoms with Crippen molar-refractivity contribution in [3.63, 3.8) is 0 Å². The third kappa shape index (κ3) is 1.82. The van der Waals surface area contributed by atoms with Crippen LogP contribution in [0, 0.1) is 0 Å². The number of halogens is 1. The molecule has 0 radical (unpaired) electrons. The minimum absolute atomic E-state index is 0.0292. The van der Waals surface area contributed by atoms with Crippen LogP contribution in [0.4, 0.5) is 0 Å². The van der Waals surface area contributed by atoms with Gasteiger partial charge in [-0.25, -0.2) is 0 Å². The first-order valence-electron chi connectivity index (χ1n) is 4.37. The molecule has 0 fully saturated rings. The van der Waals surface area contributed by atoms with Crippen LogP contribution in [0.25, 0.3) is 11.0 Å². The highest BCUT2D eigenvalue weighted by molar-refractivity contribution is 14.1. The number of rotatable bonds is 2. The summed E-state index contributed by atoms with van der Waals surface area (Å²) in [5.41, 5.74) is 1.88. The Labute approximate surface area is 95.1 Å². The van der Waals surface area contributed by atoms with E-state index in [2.05, 4.69) is 22.6 Å². The molecule has 14 heavy (non-hydrogen) atoms. The van der Waals surface area contributed by atoms with Crippen molar-refractivity contribution in [3.05, 3.63) is 46.3 Å².